The van der Waals surface area contributed by atoms with E-state index in [1.165, 1.54) is 24.8 Å². The Labute approximate surface area is 201 Å². The molecule has 5 rings (SSSR count). The van der Waals surface area contributed by atoms with Crippen LogP contribution in [-0.4, -0.2) is 37.8 Å². The minimum absolute atomic E-state index is 0.0171. The Kier molecular flexibility index (Phi) is 6.92. The van der Waals surface area contributed by atoms with Crippen LogP contribution in [0.5, 0.6) is 5.75 Å². The minimum Gasteiger partial charge on any atom is -0.489 e. The second-order valence-electron chi connectivity index (χ2n) is 11.3. The van der Waals surface area contributed by atoms with Crippen LogP contribution in [0.15, 0.2) is 36.2 Å². The second-order valence-corrected chi connectivity index (χ2v) is 11.3. The van der Waals surface area contributed by atoms with Gasteiger partial charge < -0.3 is 20.1 Å². The highest BCUT2D eigenvalue weighted by molar-refractivity contribution is 5.79. The third kappa shape index (κ3) is 5.23. The van der Waals surface area contributed by atoms with Crippen LogP contribution in [0.3, 0.4) is 0 Å². The zero-order chi connectivity index (χ0) is 24.5. The number of hydrogen-bond donors (Lipinski definition) is 2. The quantitative estimate of drug-likeness (QED) is 0.593. The Morgan fingerprint density at radius 2 is 1.76 bits per heavy atom. The SMILES string of the molecule is CNC(=O)C1C2CC3CC1CC(c1ccc(OC/C(=C/F)CNC(=O)OC(C)(C)C)cc1)(C3)C2. The third-order valence-electron chi connectivity index (χ3n) is 7.73. The van der Waals surface area contributed by atoms with Crippen molar-refractivity contribution in [2.45, 2.75) is 63.9 Å². The number of amides is 2. The predicted octanol–water partition coefficient (Wildman–Crippen LogP) is 4.88. The topological polar surface area (TPSA) is 76.7 Å². The van der Waals surface area contributed by atoms with Crippen LogP contribution in [0.2, 0.25) is 0 Å². The highest BCUT2D eigenvalue weighted by Gasteiger charge is 2.57. The summed E-state index contributed by atoms with van der Waals surface area (Å²) in [5, 5.41) is 5.44. The number of nitrogens with one attached hydrogen (secondary N) is 2. The van der Waals surface area contributed by atoms with E-state index in [0.717, 1.165) is 12.8 Å². The van der Waals surface area contributed by atoms with E-state index in [1.807, 2.05) is 12.1 Å². The van der Waals surface area contributed by atoms with Crippen LogP contribution >= 0.6 is 0 Å². The maximum Gasteiger partial charge on any atom is 0.407 e. The summed E-state index contributed by atoms with van der Waals surface area (Å²) in [6, 6.07) is 8.16. The smallest absolute Gasteiger partial charge is 0.407 e. The number of hydrogen-bond acceptors (Lipinski definition) is 4. The Balaban J connectivity index is 1.34. The van der Waals surface area contributed by atoms with E-state index in [-0.39, 0.29) is 30.4 Å². The Morgan fingerprint density at radius 1 is 1.12 bits per heavy atom. The number of benzene rings is 1. The molecule has 2 amide bonds. The molecule has 1 aromatic carbocycles. The van der Waals surface area contributed by atoms with E-state index >= 15 is 0 Å². The van der Waals surface area contributed by atoms with Gasteiger partial charge in [0.05, 0.1) is 6.33 Å². The summed E-state index contributed by atoms with van der Waals surface area (Å²) in [6.07, 6.45) is 5.56. The van der Waals surface area contributed by atoms with Gasteiger partial charge in [0.2, 0.25) is 5.91 Å². The first-order valence-electron chi connectivity index (χ1n) is 12.3. The molecule has 7 heteroatoms. The largest absolute Gasteiger partial charge is 0.489 e. The van der Waals surface area contributed by atoms with Crippen molar-refractivity contribution in [1.82, 2.24) is 10.6 Å². The van der Waals surface area contributed by atoms with Gasteiger partial charge in [-0.05, 0) is 93.7 Å². The highest BCUT2D eigenvalue weighted by Crippen LogP contribution is 2.62. The number of ether oxygens (including phenoxy) is 2. The van der Waals surface area contributed by atoms with Crippen molar-refractivity contribution >= 4 is 12.0 Å². The van der Waals surface area contributed by atoms with Crippen molar-refractivity contribution in [2.75, 3.05) is 20.2 Å². The van der Waals surface area contributed by atoms with Crippen molar-refractivity contribution < 1.29 is 23.5 Å². The Hall–Kier alpha value is -2.57. The van der Waals surface area contributed by atoms with E-state index in [4.69, 9.17) is 9.47 Å². The average molecular weight is 473 g/mol. The minimum atomic E-state index is -0.609. The molecule has 0 heterocycles. The van der Waals surface area contributed by atoms with Gasteiger partial charge in [0.15, 0.2) is 0 Å². The molecule has 4 aliphatic rings. The first-order chi connectivity index (χ1) is 16.1. The Morgan fingerprint density at radius 3 is 2.32 bits per heavy atom. The first kappa shape index (κ1) is 24.6. The molecule has 0 saturated heterocycles. The Bertz CT molecular complexity index is 921. The van der Waals surface area contributed by atoms with Crippen LogP contribution < -0.4 is 15.4 Å². The van der Waals surface area contributed by atoms with Crippen LogP contribution in [-0.2, 0) is 14.9 Å². The van der Waals surface area contributed by atoms with Gasteiger partial charge >= 0.3 is 6.09 Å². The van der Waals surface area contributed by atoms with Gasteiger partial charge in [-0.25, -0.2) is 9.18 Å². The molecule has 2 atom stereocenters. The number of carbonyl (C=O) groups excluding carboxylic acids is 2. The van der Waals surface area contributed by atoms with Crippen molar-refractivity contribution in [1.29, 1.82) is 0 Å². The molecule has 2 unspecified atom stereocenters. The lowest BCUT2D eigenvalue weighted by Gasteiger charge is -2.59. The van der Waals surface area contributed by atoms with Gasteiger partial charge in [-0.2, -0.15) is 0 Å². The molecule has 4 aliphatic carbocycles. The fraction of sp³-hybridized carbons (Fsp3) is 0.630. The maximum absolute atomic E-state index is 13.3. The zero-order valence-corrected chi connectivity index (χ0v) is 20.7. The molecule has 1 aromatic rings. The molecule has 186 valence electrons. The van der Waals surface area contributed by atoms with Gasteiger partial charge in [0.1, 0.15) is 18.0 Å². The van der Waals surface area contributed by atoms with E-state index in [1.54, 1.807) is 27.8 Å². The van der Waals surface area contributed by atoms with Crippen molar-refractivity contribution in [3.05, 3.63) is 41.7 Å². The van der Waals surface area contributed by atoms with E-state index < -0.39 is 11.7 Å². The molecule has 34 heavy (non-hydrogen) atoms. The predicted molar refractivity (Wildman–Crippen MR) is 128 cm³/mol. The van der Waals surface area contributed by atoms with Crippen molar-refractivity contribution in [2.24, 2.45) is 23.7 Å². The van der Waals surface area contributed by atoms with Crippen molar-refractivity contribution in [3.8, 4) is 5.75 Å². The summed E-state index contributed by atoms with van der Waals surface area (Å²) in [5.74, 6) is 2.69. The summed E-state index contributed by atoms with van der Waals surface area (Å²) in [5.41, 5.74) is 1.18. The highest BCUT2D eigenvalue weighted by atomic mass is 19.1. The maximum atomic E-state index is 13.3. The summed E-state index contributed by atoms with van der Waals surface area (Å²) in [6.45, 7) is 5.37. The monoisotopic (exact) mass is 472 g/mol. The lowest BCUT2D eigenvalue weighted by molar-refractivity contribution is -0.139. The zero-order valence-electron chi connectivity index (χ0n) is 20.7. The molecule has 6 nitrogen and oxygen atoms in total. The molecule has 0 aliphatic heterocycles. The van der Waals surface area contributed by atoms with Gasteiger partial charge in [-0.15, -0.1) is 0 Å². The summed E-state index contributed by atoms with van der Waals surface area (Å²) >= 11 is 0. The van der Waals surface area contributed by atoms with Crippen LogP contribution in [0.4, 0.5) is 9.18 Å². The van der Waals surface area contributed by atoms with Gasteiger partial charge in [0.25, 0.3) is 0 Å². The van der Waals surface area contributed by atoms with Crippen LogP contribution in [0.25, 0.3) is 0 Å². The number of carbonyl (C=O) groups is 2. The molecule has 0 radical (unpaired) electrons. The fourth-order valence-corrected chi connectivity index (χ4v) is 6.67. The number of rotatable bonds is 7. The van der Waals surface area contributed by atoms with Gasteiger partial charge in [0, 0.05) is 25.1 Å². The lowest BCUT2D eigenvalue weighted by Crippen LogP contribution is -2.56. The second kappa shape index (κ2) is 9.59. The molecule has 4 fully saturated rings. The standard InChI is InChI=1S/C27H37FN2O4/c1-26(2,3)34-25(32)30-15-18(14-28)16-33-22-7-5-21(6-8-22)27-11-17-9-19(12-27)23(24(31)29-4)20(10-17)13-27/h5-8,14,17,19-20,23H,9-13,15-16H2,1-4H3,(H,29,31)(H,30,32)/b18-14+. The molecule has 0 spiro atoms. The summed E-state index contributed by atoms with van der Waals surface area (Å²) in [7, 11) is 1.75. The van der Waals surface area contributed by atoms with Crippen LogP contribution in [0.1, 0.15) is 58.4 Å². The average Bonchev–Trinajstić information content (AvgIpc) is 2.77. The summed E-state index contributed by atoms with van der Waals surface area (Å²) < 4.78 is 24.2. The molecule has 4 saturated carbocycles. The van der Waals surface area contributed by atoms with E-state index in [9.17, 15) is 14.0 Å². The van der Waals surface area contributed by atoms with Gasteiger partial charge in [-0.1, -0.05) is 12.1 Å². The lowest BCUT2D eigenvalue weighted by atomic mass is 9.44. The first-order valence-corrected chi connectivity index (χ1v) is 12.3. The van der Waals surface area contributed by atoms with E-state index in [0.29, 0.717) is 35.4 Å². The fourth-order valence-electron chi connectivity index (χ4n) is 6.67. The van der Waals surface area contributed by atoms with Crippen LogP contribution in [0, 0.1) is 23.7 Å². The number of alkyl carbamates (subject to hydrolysis) is 1. The summed E-state index contributed by atoms with van der Waals surface area (Å²) in [4.78, 5) is 24.3. The molecule has 4 bridgehead atoms. The molecule has 2 N–H and O–H groups in total. The van der Waals surface area contributed by atoms with Gasteiger partial charge in [-0.3, -0.25) is 4.79 Å². The molecular formula is C27H37FN2O4. The number of halogens is 1. The van der Waals surface area contributed by atoms with E-state index in [2.05, 4.69) is 22.8 Å². The molecular weight excluding hydrogens is 435 g/mol. The molecule has 0 aromatic heterocycles. The normalized spacial score (nSPS) is 30.1. The third-order valence-corrected chi connectivity index (χ3v) is 7.73. The van der Waals surface area contributed by atoms with Crippen molar-refractivity contribution in [3.63, 3.8) is 0 Å².